The first kappa shape index (κ1) is 10.6. The van der Waals surface area contributed by atoms with Crippen molar-refractivity contribution in [1.29, 1.82) is 0 Å². The van der Waals surface area contributed by atoms with Gasteiger partial charge in [0.25, 0.3) is 0 Å². The summed E-state index contributed by atoms with van der Waals surface area (Å²) >= 11 is 4.71. The largest absolute Gasteiger partial charge is 0.275 e. The molecule has 44 valence electrons. The molecule has 0 aromatic rings. The Morgan fingerprint density at radius 2 is 2.29 bits per heavy atom. The summed E-state index contributed by atoms with van der Waals surface area (Å²) in [5.41, 5.74) is 0. The molecule has 0 aromatic heterocycles. The summed E-state index contributed by atoms with van der Waals surface area (Å²) in [6.07, 6.45) is 0. The van der Waals surface area contributed by atoms with Gasteiger partial charge in [-0.25, -0.2) is 0 Å². The minimum atomic E-state index is -0.0995. The molecule has 0 heterocycles. The van der Waals surface area contributed by atoms with E-state index in [0.29, 0.717) is 0 Å². The number of halogens is 1. The first-order valence-corrected chi connectivity index (χ1v) is 3.06. The molecule has 0 aliphatic carbocycles. The van der Waals surface area contributed by atoms with E-state index in [1.165, 1.54) is 11.8 Å². The molecule has 0 saturated carbocycles. The van der Waals surface area contributed by atoms with Gasteiger partial charge >= 0.3 is 0 Å². The SMILES string of the molecule is CCSC(=O)S.Cl. The van der Waals surface area contributed by atoms with Gasteiger partial charge < -0.3 is 0 Å². The summed E-state index contributed by atoms with van der Waals surface area (Å²) in [7, 11) is 0. The van der Waals surface area contributed by atoms with E-state index in [0.717, 1.165) is 5.75 Å². The maximum atomic E-state index is 9.87. The van der Waals surface area contributed by atoms with Gasteiger partial charge in [-0.3, -0.25) is 4.79 Å². The summed E-state index contributed by atoms with van der Waals surface area (Å²) in [5.74, 6) is 0.822. The Bertz CT molecular complexity index is 56.9. The number of thioether (sulfide) groups is 1. The number of rotatable bonds is 1. The quantitative estimate of drug-likeness (QED) is 0.590. The molecule has 0 N–H and O–H groups in total. The molecule has 0 atom stereocenters. The first-order chi connectivity index (χ1) is 2.77. The average Bonchev–Trinajstić information content (AvgIpc) is 1.35. The Balaban J connectivity index is 0. The van der Waals surface area contributed by atoms with Crippen LogP contribution in [0.4, 0.5) is 4.79 Å². The zero-order valence-electron chi connectivity index (χ0n) is 3.88. The average molecular weight is 159 g/mol. The van der Waals surface area contributed by atoms with Crippen LogP contribution in [0.15, 0.2) is 0 Å². The molecule has 0 bridgehead atoms. The molecule has 0 rings (SSSR count). The van der Waals surface area contributed by atoms with Gasteiger partial charge in [0.2, 0.25) is 4.45 Å². The van der Waals surface area contributed by atoms with E-state index < -0.39 is 0 Å². The number of hydrogen-bond donors (Lipinski definition) is 1. The normalized spacial score (nSPS) is 7.14. The van der Waals surface area contributed by atoms with Gasteiger partial charge in [0.05, 0.1) is 0 Å². The van der Waals surface area contributed by atoms with Crippen LogP contribution in [-0.4, -0.2) is 10.2 Å². The highest BCUT2D eigenvalue weighted by Gasteiger charge is 1.85. The molecular weight excluding hydrogens is 152 g/mol. The van der Waals surface area contributed by atoms with Gasteiger partial charge in [-0.15, -0.1) is 12.4 Å². The molecule has 0 amide bonds. The van der Waals surface area contributed by atoms with Crippen molar-refractivity contribution in [2.45, 2.75) is 6.92 Å². The zero-order chi connectivity index (χ0) is 4.99. The molecule has 0 aromatic carbocycles. The van der Waals surface area contributed by atoms with Gasteiger partial charge in [0, 0.05) is 0 Å². The van der Waals surface area contributed by atoms with Gasteiger partial charge in [0.15, 0.2) is 0 Å². The molecule has 0 unspecified atom stereocenters. The number of thiol groups is 1. The van der Waals surface area contributed by atoms with E-state index in [9.17, 15) is 4.79 Å². The highest BCUT2D eigenvalue weighted by atomic mass is 35.5. The molecule has 1 nitrogen and oxygen atoms in total. The van der Waals surface area contributed by atoms with Crippen LogP contribution in [0.5, 0.6) is 0 Å². The standard InChI is InChI=1S/C3H6OS2.ClH/c1-2-6-3(4)5;/h2H2,1H3,(H,4,5);1H. The lowest BCUT2D eigenvalue weighted by Crippen LogP contribution is -1.70. The minimum absolute atomic E-state index is 0. The maximum Gasteiger partial charge on any atom is 0.242 e. The fourth-order valence-corrected chi connectivity index (χ4v) is 0.758. The monoisotopic (exact) mass is 158 g/mol. The van der Waals surface area contributed by atoms with Crippen LogP contribution in [0.25, 0.3) is 0 Å². The lowest BCUT2D eigenvalue weighted by molar-refractivity contribution is 0.277. The van der Waals surface area contributed by atoms with E-state index in [-0.39, 0.29) is 16.9 Å². The van der Waals surface area contributed by atoms with Crippen molar-refractivity contribution in [3.05, 3.63) is 0 Å². The fraction of sp³-hybridized carbons (Fsp3) is 0.667. The van der Waals surface area contributed by atoms with E-state index >= 15 is 0 Å². The van der Waals surface area contributed by atoms with Crippen molar-refractivity contribution >= 4 is 41.2 Å². The van der Waals surface area contributed by atoms with Crippen LogP contribution in [0.3, 0.4) is 0 Å². The molecule has 0 fully saturated rings. The number of hydrogen-bond acceptors (Lipinski definition) is 2. The highest BCUT2D eigenvalue weighted by molar-refractivity contribution is 8.32. The Hall–Kier alpha value is 0.660. The van der Waals surface area contributed by atoms with Crippen molar-refractivity contribution in [3.63, 3.8) is 0 Å². The summed E-state index contributed by atoms with van der Waals surface area (Å²) in [4.78, 5) is 9.87. The third-order valence-electron chi connectivity index (χ3n) is 0.268. The molecule has 7 heavy (non-hydrogen) atoms. The first-order valence-electron chi connectivity index (χ1n) is 1.63. The minimum Gasteiger partial charge on any atom is -0.275 e. The molecule has 0 radical (unpaired) electrons. The highest BCUT2D eigenvalue weighted by Crippen LogP contribution is 2.03. The lowest BCUT2D eigenvalue weighted by Gasteiger charge is -1.79. The molecule has 0 spiro atoms. The van der Waals surface area contributed by atoms with Crippen LogP contribution in [0, 0.1) is 0 Å². The van der Waals surface area contributed by atoms with Crippen molar-refractivity contribution < 1.29 is 4.79 Å². The Labute approximate surface area is 59.1 Å². The van der Waals surface area contributed by atoms with Gasteiger partial charge in [-0.2, -0.15) is 0 Å². The molecule has 0 saturated heterocycles. The topological polar surface area (TPSA) is 17.1 Å². The van der Waals surface area contributed by atoms with Gasteiger partial charge in [-0.05, 0) is 5.75 Å². The third kappa shape index (κ3) is 10.8. The summed E-state index contributed by atoms with van der Waals surface area (Å²) in [6, 6.07) is 0. The van der Waals surface area contributed by atoms with Crippen LogP contribution < -0.4 is 0 Å². The molecule has 0 aliphatic rings. The zero-order valence-corrected chi connectivity index (χ0v) is 6.41. The Morgan fingerprint density at radius 1 is 1.86 bits per heavy atom. The van der Waals surface area contributed by atoms with Crippen molar-refractivity contribution in [2.75, 3.05) is 5.75 Å². The van der Waals surface area contributed by atoms with Gasteiger partial charge in [0.1, 0.15) is 0 Å². The number of carbonyl (C=O) groups is 1. The Kier molecular flexibility index (Phi) is 10.1. The van der Waals surface area contributed by atoms with Crippen molar-refractivity contribution in [3.8, 4) is 0 Å². The van der Waals surface area contributed by atoms with E-state index in [4.69, 9.17) is 0 Å². The maximum absolute atomic E-state index is 9.87. The molecule has 4 heteroatoms. The van der Waals surface area contributed by atoms with Gasteiger partial charge in [-0.1, -0.05) is 31.3 Å². The lowest BCUT2D eigenvalue weighted by atomic mass is 11.0. The predicted molar refractivity (Wildman–Crippen MR) is 39.8 cm³/mol. The van der Waals surface area contributed by atoms with E-state index in [1.54, 1.807) is 0 Å². The third-order valence-corrected chi connectivity index (χ3v) is 1.19. The second-order valence-electron chi connectivity index (χ2n) is 0.699. The van der Waals surface area contributed by atoms with E-state index in [2.05, 4.69) is 12.6 Å². The summed E-state index contributed by atoms with van der Waals surface area (Å²) in [5, 5.41) is 0. The Morgan fingerprint density at radius 3 is 2.29 bits per heavy atom. The summed E-state index contributed by atoms with van der Waals surface area (Å²) < 4.78 is -0.0995. The van der Waals surface area contributed by atoms with Crippen molar-refractivity contribution in [2.24, 2.45) is 0 Å². The fourth-order valence-electron chi connectivity index (χ4n) is 0.123. The van der Waals surface area contributed by atoms with E-state index in [1.807, 2.05) is 6.92 Å². The predicted octanol–water partition coefficient (Wildman–Crippen LogP) is 2.21. The van der Waals surface area contributed by atoms with Crippen LogP contribution >= 0.6 is 36.8 Å². The summed E-state index contributed by atoms with van der Waals surface area (Å²) in [6.45, 7) is 1.92. The van der Waals surface area contributed by atoms with Crippen molar-refractivity contribution in [1.82, 2.24) is 0 Å². The number of carbonyl (C=O) groups excluding carboxylic acids is 1. The second-order valence-corrected chi connectivity index (χ2v) is 2.64. The second kappa shape index (κ2) is 6.66. The smallest absolute Gasteiger partial charge is 0.242 e. The van der Waals surface area contributed by atoms with Crippen LogP contribution in [0.2, 0.25) is 0 Å². The van der Waals surface area contributed by atoms with Crippen LogP contribution in [-0.2, 0) is 0 Å². The molecule has 0 aliphatic heterocycles. The van der Waals surface area contributed by atoms with Crippen LogP contribution in [0.1, 0.15) is 6.92 Å². The molecular formula is C3H7ClOS2.